The summed E-state index contributed by atoms with van der Waals surface area (Å²) in [6.07, 6.45) is 2.40. The molecular weight excluding hydrogens is 126 g/mol. The van der Waals surface area contributed by atoms with Crippen LogP contribution in [-0.4, -0.2) is 19.4 Å². The van der Waals surface area contributed by atoms with E-state index in [1.165, 1.54) is 12.8 Å². The van der Waals surface area contributed by atoms with Crippen LogP contribution in [0.5, 0.6) is 0 Å². The molecule has 0 radical (unpaired) electrons. The smallest absolute Gasteiger partial charge is 0.0965 e. The highest BCUT2D eigenvalue weighted by molar-refractivity contribution is 4.74. The van der Waals surface area contributed by atoms with E-state index in [1.807, 2.05) is 0 Å². The molecule has 2 heteroatoms. The molecule has 0 aliphatic carbocycles. The lowest BCUT2D eigenvalue weighted by molar-refractivity contribution is 0.141. The first-order chi connectivity index (χ1) is 4.62. The highest BCUT2D eigenvalue weighted by Crippen LogP contribution is 2.09. The topological polar surface area (TPSA) is 21.3 Å². The second-order valence-electron chi connectivity index (χ2n) is 3.24. The lowest BCUT2D eigenvalue weighted by Gasteiger charge is -2.25. The van der Waals surface area contributed by atoms with Crippen LogP contribution in [0, 0.1) is 0 Å². The first-order valence-corrected chi connectivity index (χ1v) is 3.86. The number of hydrogen-bond acceptors (Lipinski definition) is 2. The second kappa shape index (κ2) is 4.69. The first-order valence-electron chi connectivity index (χ1n) is 3.86. The third-order valence-electron chi connectivity index (χ3n) is 1.57. The van der Waals surface area contributed by atoms with Crippen LogP contribution < -0.4 is 5.32 Å². The summed E-state index contributed by atoms with van der Waals surface area (Å²) in [5.74, 6) is 0. The monoisotopic (exact) mass is 145 g/mol. The molecule has 0 rings (SSSR count). The Bertz CT molecular complexity index is 81.3. The average Bonchev–Trinajstić information content (AvgIpc) is 1.84. The molecule has 0 bridgehead atoms. The summed E-state index contributed by atoms with van der Waals surface area (Å²) >= 11 is 0. The highest BCUT2D eigenvalue weighted by atomic mass is 16.5. The number of ether oxygens (including phenoxy) is 1. The number of methoxy groups -OCH3 is 1. The van der Waals surface area contributed by atoms with Crippen LogP contribution in [0.4, 0.5) is 0 Å². The zero-order valence-electron chi connectivity index (χ0n) is 7.53. The molecule has 0 aromatic heterocycles. The van der Waals surface area contributed by atoms with Crippen molar-refractivity contribution < 1.29 is 4.74 Å². The molecule has 0 saturated heterocycles. The van der Waals surface area contributed by atoms with Crippen LogP contribution in [-0.2, 0) is 4.74 Å². The van der Waals surface area contributed by atoms with Gasteiger partial charge in [0, 0.05) is 12.6 Å². The van der Waals surface area contributed by atoms with Crippen LogP contribution in [0.3, 0.4) is 0 Å². The third kappa shape index (κ3) is 4.77. The number of nitrogens with one attached hydrogen (secondary N) is 1. The fraction of sp³-hybridized carbons (Fsp3) is 1.00. The molecule has 2 nitrogen and oxygen atoms in total. The zero-order chi connectivity index (χ0) is 8.04. The maximum atomic E-state index is 4.91. The van der Waals surface area contributed by atoms with E-state index < -0.39 is 0 Å². The van der Waals surface area contributed by atoms with Gasteiger partial charge >= 0.3 is 0 Å². The van der Waals surface area contributed by atoms with Gasteiger partial charge in [-0.05, 0) is 20.3 Å². The van der Waals surface area contributed by atoms with Crippen molar-refractivity contribution in [2.24, 2.45) is 0 Å². The molecule has 0 aromatic carbocycles. The van der Waals surface area contributed by atoms with Gasteiger partial charge in [0.2, 0.25) is 0 Å². The summed E-state index contributed by atoms with van der Waals surface area (Å²) in [5.41, 5.74) is 0.227. The second-order valence-corrected chi connectivity index (χ2v) is 3.24. The van der Waals surface area contributed by atoms with Gasteiger partial charge in [0.05, 0.1) is 6.73 Å². The van der Waals surface area contributed by atoms with Crippen LogP contribution in [0.15, 0.2) is 0 Å². The minimum Gasteiger partial charge on any atom is -0.370 e. The maximum absolute atomic E-state index is 4.91. The van der Waals surface area contributed by atoms with Crippen molar-refractivity contribution in [3.63, 3.8) is 0 Å². The van der Waals surface area contributed by atoms with Crippen molar-refractivity contribution in [1.29, 1.82) is 0 Å². The molecule has 1 N–H and O–H groups in total. The Hall–Kier alpha value is -0.0800. The molecule has 0 amide bonds. The lowest BCUT2D eigenvalue weighted by Crippen LogP contribution is -2.40. The Labute approximate surface area is 64.0 Å². The van der Waals surface area contributed by atoms with Crippen LogP contribution in [0.1, 0.15) is 33.6 Å². The maximum Gasteiger partial charge on any atom is 0.0965 e. The molecule has 0 heterocycles. The van der Waals surface area contributed by atoms with Gasteiger partial charge in [-0.25, -0.2) is 0 Å². The average molecular weight is 145 g/mol. The van der Waals surface area contributed by atoms with E-state index in [4.69, 9.17) is 4.74 Å². The number of rotatable bonds is 5. The van der Waals surface area contributed by atoms with E-state index in [9.17, 15) is 0 Å². The number of hydrogen-bond donors (Lipinski definition) is 1. The Morgan fingerprint density at radius 1 is 1.40 bits per heavy atom. The largest absolute Gasteiger partial charge is 0.370 e. The van der Waals surface area contributed by atoms with Crippen LogP contribution >= 0.6 is 0 Å². The third-order valence-corrected chi connectivity index (χ3v) is 1.57. The summed E-state index contributed by atoms with van der Waals surface area (Å²) in [6.45, 7) is 7.22. The van der Waals surface area contributed by atoms with Crippen molar-refractivity contribution in [2.75, 3.05) is 13.8 Å². The summed E-state index contributed by atoms with van der Waals surface area (Å²) in [5, 5.41) is 3.29. The van der Waals surface area contributed by atoms with Gasteiger partial charge in [-0.3, -0.25) is 5.32 Å². The zero-order valence-corrected chi connectivity index (χ0v) is 7.53. The van der Waals surface area contributed by atoms with E-state index in [-0.39, 0.29) is 5.54 Å². The lowest BCUT2D eigenvalue weighted by atomic mass is 10.00. The summed E-state index contributed by atoms with van der Waals surface area (Å²) in [6, 6.07) is 0. The molecule has 0 fully saturated rings. The van der Waals surface area contributed by atoms with Gasteiger partial charge < -0.3 is 4.74 Å². The van der Waals surface area contributed by atoms with E-state index in [0.29, 0.717) is 6.73 Å². The minimum atomic E-state index is 0.227. The van der Waals surface area contributed by atoms with Gasteiger partial charge in [-0.2, -0.15) is 0 Å². The van der Waals surface area contributed by atoms with Gasteiger partial charge in [0.25, 0.3) is 0 Å². The van der Waals surface area contributed by atoms with Crippen LogP contribution in [0.25, 0.3) is 0 Å². The van der Waals surface area contributed by atoms with Gasteiger partial charge in [0.15, 0.2) is 0 Å². The van der Waals surface area contributed by atoms with E-state index in [2.05, 4.69) is 26.1 Å². The molecule has 0 saturated carbocycles. The minimum absolute atomic E-state index is 0.227. The first kappa shape index (κ1) is 9.92. The fourth-order valence-electron chi connectivity index (χ4n) is 0.981. The van der Waals surface area contributed by atoms with Gasteiger partial charge in [0.1, 0.15) is 0 Å². The van der Waals surface area contributed by atoms with E-state index >= 15 is 0 Å². The van der Waals surface area contributed by atoms with Gasteiger partial charge in [-0.1, -0.05) is 13.3 Å². The van der Waals surface area contributed by atoms with E-state index in [0.717, 1.165) is 0 Å². The van der Waals surface area contributed by atoms with Crippen molar-refractivity contribution in [3.8, 4) is 0 Å². The molecule has 0 aliphatic heterocycles. The van der Waals surface area contributed by atoms with Gasteiger partial charge in [-0.15, -0.1) is 0 Å². The molecule has 0 aromatic rings. The molecule has 0 spiro atoms. The summed E-state index contributed by atoms with van der Waals surface area (Å²) < 4.78 is 4.91. The normalized spacial score (nSPS) is 12.0. The quantitative estimate of drug-likeness (QED) is 0.595. The fourth-order valence-corrected chi connectivity index (χ4v) is 0.981. The Balaban J connectivity index is 3.42. The Kier molecular flexibility index (Phi) is 4.65. The predicted octanol–water partition coefficient (Wildman–Crippen LogP) is 1.76. The highest BCUT2D eigenvalue weighted by Gasteiger charge is 2.13. The molecule has 10 heavy (non-hydrogen) atoms. The molecular formula is C8H19NO. The van der Waals surface area contributed by atoms with Crippen molar-refractivity contribution in [3.05, 3.63) is 0 Å². The van der Waals surface area contributed by atoms with Crippen molar-refractivity contribution in [2.45, 2.75) is 39.2 Å². The Morgan fingerprint density at radius 2 is 2.00 bits per heavy atom. The standard InChI is InChI=1S/C8H19NO/c1-5-6-8(2,3)9-7-10-4/h9H,5-7H2,1-4H3. The predicted molar refractivity (Wildman–Crippen MR) is 44.0 cm³/mol. The molecule has 0 aliphatic rings. The SMILES string of the molecule is CCCC(C)(C)NCOC. The van der Waals surface area contributed by atoms with Crippen LogP contribution in [0.2, 0.25) is 0 Å². The Morgan fingerprint density at radius 3 is 2.40 bits per heavy atom. The summed E-state index contributed by atoms with van der Waals surface area (Å²) in [4.78, 5) is 0. The van der Waals surface area contributed by atoms with Crippen molar-refractivity contribution >= 4 is 0 Å². The molecule has 62 valence electrons. The molecule has 0 atom stereocenters. The molecule has 0 unspecified atom stereocenters. The summed E-state index contributed by atoms with van der Waals surface area (Å²) in [7, 11) is 1.70. The van der Waals surface area contributed by atoms with Crippen molar-refractivity contribution in [1.82, 2.24) is 5.32 Å². The van der Waals surface area contributed by atoms with E-state index in [1.54, 1.807) is 7.11 Å².